The molecule has 0 unspecified atom stereocenters. The van der Waals surface area contributed by atoms with Gasteiger partial charge in [-0.2, -0.15) is 27.2 Å². The third kappa shape index (κ3) is 3.61. The van der Waals surface area contributed by atoms with Gasteiger partial charge in [0.2, 0.25) is 0 Å². The summed E-state index contributed by atoms with van der Waals surface area (Å²) in [7, 11) is 0. The molecule has 0 saturated heterocycles. The first kappa shape index (κ1) is 19.2. The summed E-state index contributed by atoms with van der Waals surface area (Å²) >= 11 is 0. The lowest BCUT2D eigenvalue weighted by molar-refractivity contribution is -0.289. The van der Waals surface area contributed by atoms with Gasteiger partial charge in [-0.3, -0.25) is 0 Å². The lowest BCUT2D eigenvalue weighted by Crippen LogP contribution is -2.33. The van der Waals surface area contributed by atoms with E-state index in [-0.39, 0.29) is 0 Å². The number of benzene rings is 2. The summed E-state index contributed by atoms with van der Waals surface area (Å²) in [5.74, 6) is -9.58. The van der Waals surface area contributed by atoms with Crippen molar-refractivity contribution < 1.29 is 40.3 Å². The van der Waals surface area contributed by atoms with Crippen LogP contribution < -0.4 is 4.74 Å². The predicted octanol–water partition coefficient (Wildman–Crippen LogP) is 4.71. The average Bonchev–Trinajstić information content (AvgIpc) is 2.53. The molecule has 0 aliphatic carbocycles. The van der Waals surface area contributed by atoms with Gasteiger partial charge in [-0.25, -0.2) is 13.6 Å². The van der Waals surface area contributed by atoms with E-state index in [1.807, 2.05) is 0 Å². The normalized spacial score (nSPS) is 11.8. The van der Waals surface area contributed by atoms with Gasteiger partial charge < -0.3 is 4.74 Å². The van der Waals surface area contributed by atoms with Crippen molar-refractivity contribution in [3.05, 3.63) is 64.7 Å². The van der Waals surface area contributed by atoms with Crippen molar-refractivity contribution in [1.29, 1.82) is 5.26 Å². The van der Waals surface area contributed by atoms with Crippen LogP contribution in [0.1, 0.15) is 21.5 Å². The zero-order valence-electron chi connectivity index (χ0n) is 12.4. The average molecular weight is 377 g/mol. The highest BCUT2D eigenvalue weighted by Gasteiger charge is 2.58. The maximum atomic E-state index is 13.4. The summed E-state index contributed by atoms with van der Waals surface area (Å²) in [5, 5.41) is 8.52. The molecule has 3 nitrogen and oxygen atoms in total. The van der Waals surface area contributed by atoms with Gasteiger partial charge in [0.1, 0.15) is 29.0 Å². The fourth-order valence-electron chi connectivity index (χ4n) is 1.86. The molecule has 2 rings (SSSR count). The third-order valence-electron chi connectivity index (χ3n) is 3.18. The number of carbonyl (C=O) groups is 1. The number of hydrogen-bond acceptors (Lipinski definition) is 3. The molecule has 0 amide bonds. The van der Waals surface area contributed by atoms with Gasteiger partial charge in [-0.05, 0) is 12.1 Å². The number of halogens is 7. The van der Waals surface area contributed by atoms with Crippen LogP contribution >= 0.6 is 0 Å². The molecule has 0 heterocycles. The Morgan fingerprint density at radius 1 is 0.962 bits per heavy atom. The van der Waals surface area contributed by atoms with Crippen molar-refractivity contribution in [2.45, 2.75) is 12.1 Å². The fraction of sp³-hybridized carbons (Fsp3) is 0.125. The first-order chi connectivity index (χ1) is 12.0. The molecule has 0 radical (unpaired) electrons. The Hall–Kier alpha value is -3.09. The first-order valence-corrected chi connectivity index (χ1v) is 6.63. The second-order valence-electron chi connectivity index (χ2n) is 4.91. The van der Waals surface area contributed by atoms with Crippen LogP contribution in [-0.4, -0.2) is 12.1 Å². The maximum Gasteiger partial charge on any atom is 0.458 e. The molecule has 0 fully saturated rings. The highest BCUT2D eigenvalue weighted by molar-refractivity contribution is 5.91. The molecule has 2 aromatic rings. The molecule has 0 aliphatic heterocycles. The molecule has 0 saturated carbocycles. The van der Waals surface area contributed by atoms with Crippen molar-refractivity contribution in [2.75, 3.05) is 0 Å². The van der Waals surface area contributed by atoms with E-state index in [1.165, 1.54) is 6.07 Å². The van der Waals surface area contributed by atoms with Gasteiger partial charge in [0, 0.05) is 17.7 Å². The minimum atomic E-state index is -5.81. The molecular weight excluding hydrogens is 371 g/mol. The van der Waals surface area contributed by atoms with E-state index in [0.717, 1.165) is 0 Å². The monoisotopic (exact) mass is 377 g/mol. The van der Waals surface area contributed by atoms with Crippen LogP contribution in [0.15, 0.2) is 36.4 Å². The van der Waals surface area contributed by atoms with Gasteiger partial charge in [-0.15, -0.1) is 0 Å². The molecular formula is C16H6F7NO2. The van der Waals surface area contributed by atoms with E-state index in [9.17, 15) is 35.5 Å². The molecule has 10 heteroatoms. The number of nitriles is 1. The Morgan fingerprint density at radius 3 is 1.88 bits per heavy atom. The number of alkyl halides is 5. The van der Waals surface area contributed by atoms with Gasteiger partial charge in [0.05, 0.1) is 5.56 Å². The number of hydrogen-bond donors (Lipinski definition) is 0. The molecule has 0 N–H and O–H groups in total. The molecule has 0 aromatic heterocycles. The van der Waals surface area contributed by atoms with Gasteiger partial charge in [0.25, 0.3) is 0 Å². The van der Waals surface area contributed by atoms with E-state index < -0.39 is 52.1 Å². The van der Waals surface area contributed by atoms with E-state index >= 15 is 0 Å². The van der Waals surface area contributed by atoms with Gasteiger partial charge in [-0.1, -0.05) is 12.1 Å². The molecule has 0 atom stereocenters. The predicted molar refractivity (Wildman–Crippen MR) is 72.4 cm³/mol. The van der Waals surface area contributed by atoms with Crippen molar-refractivity contribution >= 4 is 5.97 Å². The summed E-state index contributed by atoms with van der Waals surface area (Å²) in [6.45, 7) is 0. The Morgan fingerprint density at radius 2 is 1.46 bits per heavy atom. The summed E-state index contributed by atoms with van der Waals surface area (Å²) in [6.07, 6.45) is -5.81. The Balaban J connectivity index is 2.23. The minimum absolute atomic E-state index is 0.379. The number of nitrogens with zero attached hydrogens (tertiary/aromatic N) is 1. The Labute approximate surface area is 141 Å². The summed E-state index contributed by atoms with van der Waals surface area (Å²) in [4.78, 5) is 11.8. The van der Waals surface area contributed by atoms with E-state index in [1.54, 1.807) is 0 Å². The highest BCUT2D eigenvalue weighted by Crippen LogP contribution is 2.43. The van der Waals surface area contributed by atoms with Gasteiger partial charge in [0.15, 0.2) is 0 Å². The number of esters is 1. The fourth-order valence-corrected chi connectivity index (χ4v) is 1.86. The van der Waals surface area contributed by atoms with E-state index in [0.29, 0.717) is 36.4 Å². The lowest BCUT2D eigenvalue weighted by Gasteiger charge is -2.19. The quantitative estimate of drug-likeness (QED) is 0.442. The SMILES string of the molecule is N#Cc1c(F)cc(OC(=O)c2ccc(C(F)(F)C(F)(F)F)cc2)cc1F. The maximum absolute atomic E-state index is 13.4. The van der Waals surface area contributed by atoms with Crippen LogP contribution in [-0.2, 0) is 5.92 Å². The third-order valence-corrected chi connectivity index (χ3v) is 3.18. The first-order valence-electron chi connectivity index (χ1n) is 6.63. The van der Waals surface area contributed by atoms with Crippen molar-refractivity contribution in [3.63, 3.8) is 0 Å². The standard InChI is InChI=1S/C16H6F7NO2/c17-12-5-10(6-13(18)11(12)7-24)26-14(25)8-1-3-9(4-2-8)15(19,20)16(21,22)23/h1-6H. The molecule has 136 valence electrons. The van der Waals surface area contributed by atoms with Gasteiger partial charge >= 0.3 is 18.1 Å². The molecule has 0 spiro atoms. The number of carbonyl (C=O) groups excluding carboxylic acids is 1. The van der Waals surface area contributed by atoms with Crippen molar-refractivity contribution in [2.24, 2.45) is 0 Å². The topological polar surface area (TPSA) is 50.1 Å². The molecule has 26 heavy (non-hydrogen) atoms. The second-order valence-corrected chi connectivity index (χ2v) is 4.91. The van der Waals surface area contributed by atoms with Crippen molar-refractivity contribution in [3.8, 4) is 11.8 Å². The van der Waals surface area contributed by atoms with Crippen LogP contribution in [0, 0.1) is 23.0 Å². The molecule has 0 bridgehead atoms. The highest BCUT2D eigenvalue weighted by atomic mass is 19.4. The zero-order valence-corrected chi connectivity index (χ0v) is 12.4. The Kier molecular flexibility index (Phi) is 4.93. The van der Waals surface area contributed by atoms with Crippen molar-refractivity contribution in [1.82, 2.24) is 0 Å². The van der Waals surface area contributed by atoms with Crippen LogP contribution in [0.2, 0.25) is 0 Å². The zero-order chi connectivity index (χ0) is 19.7. The molecule has 0 aliphatic rings. The lowest BCUT2D eigenvalue weighted by atomic mass is 10.1. The van der Waals surface area contributed by atoms with Crippen LogP contribution in [0.5, 0.6) is 5.75 Å². The van der Waals surface area contributed by atoms with Crippen LogP contribution in [0.25, 0.3) is 0 Å². The second kappa shape index (κ2) is 6.67. The molecule has 2 aromatic carbocycles. The minimum Gasteiger partial charge on any atom is -0.423 e. The number of rotatable bonds is 3. The largest absolute Gasteiger partial charge is 0.458 e. The van der Waals surface area contributed by atoms with E-state index in [2.05, 4.69) is 4.74 Å². The Bertz CT molecular complexity index is 860. The summed E-state index contributed by atoms with van der Waals surface area (Å²) in [6, 6.07) is 4.40. The number of ether oxygens (including phenoxy) is 1. The smallest absolute Gasteiger partial charge is 0.423 e. The van der Waals surface area contributed by atoms with E-state index in [4.69, 9.17) is 5.26 Å². The summed E-state index contributed by atoms with van der Waals surface area (Å²) in [5.41, 5.74) is -2.72. The summed E-state index contributed by atoms with van der Waals surface area (Å²) < 4.78 is 94.6. The van der Waals surface area contributed by atoms with Crippen LogP contribution in [0.4, 0.5) is 30.7 Å². The van der Waals surface area contributed by atoms with Crippen LogP contribution in [0.3, 0.4) is 0 Å².